The maximum Gasteiger partial charge on any atom is 0.409 e. The van der Waals surface area contributed by atoms with Crippen molar-refractivity contribution in [3.8, 4) is 5.13 Å². The van der Waals surface area contributed by atoms with Crippen molar-refractivity contribution in [1.82, 2.24) is 24.0 Å². The van der Waals surface area contributed by atoms with Crippen LogP contribution in [0.25, 0.3) is 15.3 Å². The van der Waals surface area contributed by atoms with Gasteiger partial charge in [-0.25, -0.2) is 22.6 Å². The Morgan fingerprint density at radius 2 is 1.82 bits per heavy atom. The van der Waals surface area contributed by atoms with Crippen LogP contribution in [0.5, 0.6) is 0 Å². The average Bonchev–Trinajstić information content (AvgIpc) is 3.53. The molecule has 0 saturated carbocycles. The number of piperazine rings is 1. The summed E-state index contributed by atoms with van der Waals surface area (Å²) in [6.45, 7) is 4.46. The Morgan fingerprint density at radius 1 is 1.10 bits per heavy atom. The number of thiazole rings is 1. The van der Waals surface area contributed by atoms with E-state index in [0.717, 1.165) is 0 Å². The zero-order valence-corrected chi connectivity index (χ0v) is 22.8. The molecular formula is C25H25FN6O5S2. The quantitative estimate of drug-likeness (QED) is 0.374. The van der Waals surface area contributed by atoms with Crippen molar-refractivity contribution in [3.63, 3.8) is 0 Å². The normalized spacial score (nSPS) is 14.5. The number of fused-ring (bicyclic) bond motifs is 1. The number of hydrogen-bond donors (Lipinski definition) is 1. The zero-order chi connectivity index (χ0) is 27.7. The Kier molecular flexibility index (Phi) is 7.34. The van der Waals surface area contributed by atoms with Crippen LogP contribution in [0, 0.1) is 12.7 Å². The first-order valence-corrected chi connectivity index (χ1v) is 14.4. The van der Waals surface area contributed by atoms with Crippen LogP contribution < -0.4 is 5.32 Å². The van der Waals surface area contributed by atoms with Gasteiger partial charge in [0.15, 0.2) is 0 Å². The number of nitrogens with zero attached hydrogens (tertiary/aromatic N) is 5. The van der Waals surface area contributed by atoms with Gasteiger partial charge in [0.2, 0.25) is 15.2 Å². The predicted octanol–water partition coefficient (Wildman–Crippen LogP) is 3.64. The molecule has 39 heavy (non-hydrogen) atoms. The lowest BCUT2D eigenvalue weighted by atomic mass is 10.2. The van der Waals surface area contributed by atoms with E-state index in [1.807, 2.05) is 0 Å². The SMILES string of the molecule is CCOC(=O)N1CCN(S(=O)(=O)c2ccc(C(=O)Nc3cc(C)nn3-c3nc4c(F)cccc4s3)cc2)CC1. The largest absolute Gasteiger partial charge is 0.450 e. The van der Waals surface area contributed by atoms with Crippen molar-refractivity contribution in [2.45, 2.75) is 18.7 Å². The third-order valence-corrected chi connectivity index (χ3v) is 9.04. The molecule has 2 amide bonds. The molecule has 0 atom stereocenters. The van der Waals surface area contributed by atoms with E-state index in [9.17, 15) is 22.4 Å². The number of benzene rings is 2. The summed E-state index contributed by atoms with van der Waals surface area (Å²) in [5, 5.41) is 7.56. The number of ether oxygens (including phenoxy) is 1. The average molecular weight is 573 g/mol. The second kappa shape index (κ2) is 10.7. The highest BCUT2D eigenvalue weighted by molar-refractivity contribution is 7.89. The molecule has 1 fully saturated rings. The van der Waals surface area contributed by atoms with E-state index in [1.54, 1.807) is 32.0 Å². The van der Waals surface area contributed by atoms with Gasteiger partial charge < -0.3 is 15.0 Å². The molecule has 0 radical (unpaired) electrons. The molecular weight excluding hydrogens is 547 g/mol. The number of amides is 2. The van der Waals surface area contributed by atoms with Crippen LogP contribution in [0.15, 0.2) is 53.4 Å². The summed E-state index contributed by atoms with van der Waals surface area (Å²) in [4.78, 5) is 30.7. The number of aromatic nitrogens is 3. The lowest BCUT2D eigenvalue weighted by Crippen LogP contribution is -2.50. The predicted molar refractivity (Wildman–Crippen MR) is 143 cm³/mol. The van der Waals surface area contributed by atoms with Gasteiger partial charge in [0.25, 0.3) is 5.91 Å². The van der Waals surface area contributed by atoms with E-state index in [0.29, 0.717) is 21.3 Å². The fourth-order valence-corrected chi connectivity index (χ4v) is 6.54. The number of carbonyl (C=O) groups excluding carboxylic acids is 2. The molecule has 0 bridgehead atoms. The number of hydrogen-bond acceptors (Lipinski definition) is 8. The lowest BCUT2D eigenvalue weighted by molar-refractivity contribution is 0.0933. The molecule has 1 aliphatic rings. The van der Waals surface area contributed by atoms with Crippen LogP contribution in [0.3, 0.4) is 0 Å². The van der Waals surface area contributed by atoms with Crippen molar-refractivity contribution < 1.29 is 27.1 Å². The highest BCUT2D eigenvalue weighted by Gasteiger charge is 2.30. The molecule has 3 heterocycles. The second-order valence-corrected chi connectivity index (χ2v) is 11.7. The van der Waals surface area contributed by atoms with Gasteiger partial charge >= 0.3 is 6.09 Å². The summed E-state index contributed by atoms with van der Waals surface area (Å²) in [5.41, 5.74) is 1.08. The second-order valence-electron chi connectivity index (χ2n) is 8.73. The zero-order valence-electron chi connectivity index (χ0n) is 21.1. The number of para-hydroxylation sites is 1. The number of carbonyl (C=O) groups is 2. The number of sulfonamides is 1. The summed E-state index contributed by atoms with van der Waals surface area (Å²) < 4.78 is 48.7. The Balaban J connectivity index is 1.29. The van der Waals surface area contributed by atoms with Crippen molar-refractivity contribution in [1.29, 1.82) is 0 Å². The van der Waals surface area contributed by atoms with E-state index in [4.69, 9.17) is 4.74 Å². The third-order valence-electron chi connectivity index (χ3n) is 6.13. The van der Waals surface area contributed by atoms with Gasteiger partial charge in [-0.3, -0.25) is 4.79 Å². The minimum absolute atomic E-state index is 0.0426. The maximum absolute atomic E-state index is 14.1. The molecule has 14 heteroatoms. The van der Waals surface area contributed by atoms with Crippen molar-refractivity contribution in [2.75, 3.05) is 38.1 Å². The highest BCUT2D eigenvalue weighted by Crippen LogP contribution is 2.29. The first-order chi connectivity index (χ1) is 18.7. The summed E-state index contributed by atoms with van der Waals surface area (Å²) in [5.74, 6) is -0.580. The van der Waals surface area contributed by atoms with Gasteiger partial charge in [-0.1, -0.05) is 17.4 Å². The van der Waals surface area contributed by atoms with Crippen LogP contribution in [0.1, 0.15) is 23.0 Å². The Labute approximate surface area is 227 Å². The minimum atomic E-state index is -3.81. The fourth-order valence-electron chi connectivity index (χ4n) is 4.17. The van der Waals surface area contributed by atoms with Gasteiger partial charge in [-0.2, -0.15) is 14.1 Å². The molecule has 4 aromatic rings. The summed E-state index contributed by atoms with van der Waals surface area (Å²) in [7, 11) is -3.81. The Hall–Kier alpha value is -3.88. The molecule has 1 N–H and O–H groups in total. The number of nitrogens with one attached hydrogen (secondary N) is 1. The van der Waals surface area contributed by atoms with Crippen molar-refractivity contribution >= 4 is 49.4 Å². The molecule has 0 aliphatic carbocycles. The molecule has 1 aliphatic heterocycles. The molecule has 2 aromatic carbocycles. The van der Waals surface area contributed by atoms with Crippen LogP contribution in [-0.4, -0.2) is 77.2 Å². The van der Waals surface area contributed by atoms with E-state index >= 15 is 0 Å². The smallest absolute Gasteiger partial charge is 0.409 e. The summed E-state index contributed by atoms with van der Waals surface area (Å²) >= 11 is 1.24. The monoisotopic (exact) mass is 572 g/mol. The summed E-state index contributed by atoms with van der Waals surface area (Å²) in [6, 6.07) is 12.0. The van der Waals surface area contributed by atoms with Gasteiger partial charge in [-0.15, -0.1) is 0 Å². The molecule has 1 saturated heterocycles. The van der Waals surface area contributed by atoms with Gasteiger partial charge in [0.05, 0.1) is 21.9 Å². The lowest BCUT2D eigenvalue weighted by Gasteiger charge is -2.33. The van der Waals surface area contributed by atoms with Crippen molar-refractivity contribution in [2.24, 2.45) is 0 Å². The molecule has 0 unspecified atom stereocenters. The van der Waals surface area contributed by atoms with E-state index in [1.165, 1.54) is 55.6 Å². The molecule has 0 spiro atoms. The van der Waals surface area contributed by atoms with E-state index in [2.05, 4.69) is 15.4 Å². The third kappa shape index (κ3) is 5.35. The van der Waals surface area contributed by atoms with Crippen LogP contribution in [0.2, 0.25) is 0 Å². The van der Waals surface area contributed by atoms with E-state index in [-0.39, 0.29) is 48.8 Å². The van der Waals surface area contributed by atoms with Crippen LogP contribution >= 0.6 is 11.3 Å². The number of halogens is 1. The molecule has 2 aromatic heterocycles. The summed E-state index contributed by atoms with van der Waals surface area (Å²) in [6.07, 6.45) is -0.461. The van der Waals surface area contributed by atoms with Gasteiger partial charge in [0.1, 0.15) is 17.2 Å². The van der Waals surface area contributed by atoms with Crippen LogP contribution in [-0.2, 0) is 14.8 Å². The number of aryl methyl sites for hydroxylation is 1. The molecule has 204 valence electrons. The first kappa shape index (κ1) is 26.7. The minimum Gasteiger partial charge on any atom is -0.450 e. The Bertz CT molecular complexity index is 1640. The molecule has 5 rings (SSSR count). The fraction of sp³-hybridized carbons (Fsp3) is 0.280. The number of anilines is 1. The first-order valence-electron chi connectivity index (χ1n) is 12.1. The standard InChI is InChI=1S/C25H25FN6O5S2/c1-3-37-25(34)30-11-13-31(14-12-30)39(35,36)18-9-7-17(8-10-18)23(33)27-21-15-16(2)29-32(21)24-28-22-19(26)5-4-6-20(22)38-24/h4-10,15H,3,11-14H2,1-2H3,(H,27,33). The van der Waals surface area contributed by atoms with Gasteiger partial charge in [0, 0.05) is 37.8 Å². The Morgan fingerprint density at radius 3 is 2.49 bits per heavy atom. The van der Waals surface area contributed by atoms with Crippen molar-refractivity contribution in [3.05, 3.63) is 65.6 Å². The van der Waals surface area contributed by atoms with E-state index < -0.39 is 27.8 Å². The highest BCUT2D eigenvalue weighted by atomic mass is 32.2. The molecule has 11 nitrogen and oxygen atoms in total. The van der Waals surface area contributed by atoms with Crippen LogP contribution in [0.4, 0.5) is 15.0 Å². The maximum atomic E-state index is 14.1. The number of rotatable bonds is 6. The van der Waals surface area contributed by atoms with Gasteiger partial charge in [-0.05, 0) is 50.2 Å². The topological polar surface area (TPSA) is 127 Å².